The van der Waals surface area contributed by atoms with Crippen LogP contribution in [0.2, 0.25) is 0 Å². The van der Waals surface area contributed by atoms with Crippen molar-refractivity contribution in [2.24, 2.45) is 0 Å². The summed E-state index contributed by atoms with van der Waals surface area (Å²) in [5.41, 5.74) is 17.0. The van der Waals surface area contributed by atoms with Gasteiger partial charge in [-0.1, -0.05) is 105 Å². The van der Waals surface area contributed by atoms with Gasteiger partial charge < -0.3 is 9.80 Å². The minimum atomic E-state index is -0.0864. The molecular formula is C48H54N3+. The third-order valence-electron chi connectivity index (χ3n) is 11.4. The van der Waals surface area contributed by atoms with Gasteiger partial charge >= 0.3 is 0 Å². The number of aryl methyl sites for hydroxylation is 2. The summed E-state index contributed by atoms with van der Waals surface area (Å²) in [6.07, 6.45) is 14.0. The summed E-state index contributed by atoms with van der Waals surface area (Å²) in [6, 6.07) is 35.7. The van der Waals surface area contributed by atoms with Crippen LogP contribution in [0.1, 0.15) is 82.6 Å². The number of benzene rings is 4. The first-order valence-corrected chi connectivity index (χ1v) is 18.9. The fourth-order valence-corrected chi connectivity index (χ4v) is 8.54. The number of fused-ring (bicyclic) bond motifs is 2. The van der Waals surface area contributed by atoms with E-state index in [1.54, 1.807) is 0 Å². The minimum absolute atomic E-state index is 0.0848. The van der Waals surface area contributed by atoms with Crippen LogP contribution < -0.4 is 9.80 Å². The van der Waals surface area contributed by atoms with Gasteiger partial charge in [-0.3, -0.25) is 0 Å². The number of allylic oxidation sites excluding steroid dienone is 7. The van der Waals surface area contributed by atoms with Gasteiger partial charge in [0.05, 0.1) is 11.1 Å². The molecule has 0 amide bonds. The third-order valence-corrected chi connectivity index (χ3v) is 11.4. The van der Waals surface area contributed by atoms with E-state index in [1.165, 1.54) is 86.1 Å². The summed E-state index contributed by atoms with van der Waals surface area (Å²) in [5.74, 6) is 0. The Morgan fingerprint density at radius 3 is 2.00 bits per heavy atom. The summed E-state index contributed by atoms with van der Waals surface area (Å²) < 4.78 is 2.59. The van der Waals surface area contributed by atoms with Crippen LogP contribution >= 0.6 is 0 Å². The molecule has 260 valence electrons. The Labute approximate surface area is 306 Å². The molecule has 0 saturated carbocycles. The molecule has 0 unspecified atom stereocenters. The van der Waals surface area contributed by atoms with Crippen molar-refractivity contribution in [2.45, 2.75) is 85.0 Å². The highest BCUT2D eigenvalue weighted by molar-refractivity contribution is 6.03. The van der Waals surface area contributed by atoms with Crippen LogP contribution in [0, 0.1) is 13.8 Å². The molecule has 1 aliphatic carbocycles. The highest BCUT2D eigenvalue weighted by Crippen LogP contribution is 2.48. The Morgan fingerprint density at radius 1 is 0.725 bits per heavy atom. The van der Waals surface area contributed by atoms with Crippen LogP contribution in [-0.4, -0.2) is 23.9 Å². The number of hydrogen-bond acceptors (Lipinski definition) is 2. The van der Waals surface area contributed by atoms with Crippen LogP contribution in [0.3, 0.4) is 0 Å². The van der Waals surface area contributed by atoms with Crippen molar-refractivity contribution in [1.82, 2.24) is 0 Å². The van der Waals surface area contributed by atoms with Gasteiger partial charge in [-0.15, -0.1) is 0 Å². The first-order valence-electron chi connectivity index (χ1n) is 18.9. The lowest BCUT2D eigenvalue weighted by Gasteiger charge is -2.29. The first-order chi connectivity index (χ1) is 24.5. The van der Waals surface area contributed by atoms with E-state index in [4.69, 9.17) is 0 Å². The molecule has 0 saturated heterocycles. The van der Waals surface area contributed by atoms with E-state index < -0.39 is 0 Å². The number of nitrogens with zero attached hydrogens (tertiary/aromatic N) is 3. The molecule has 2 aliphatic heterocycles. The number of hydrogen-bond donors (Lipinski definition) is 0. The predicted molar refractivity (Wildman–Crippen MR) is 218 cm³/mol. The second-order valence-electron chi connectivity index (χ2n) is 15.7. The zero-order valence-corrected chi connectivity index (χ0v) is 31.9. The highest BCUT2D eigenvalue weighted by Gasteiger charge is 2.44. The van der Waals surface area contributed by atoms with Crippen molar-refractivity contribution in [3.8, 4) is 0 Å². The molecule has 7 rings (SSSR count). The van der Waals surface area contributed by atoms with Gasteiger partial charge in [0.25, 0.3) is 0 Å². The van der Waals surface area contributed by atoms with E-state index in [9.17, 15) is 0 Å². The molecular weight excluding hydrogens is 619 g/mol. The maximum Gasteiger partial charge on any atom is 0.209 e. The molecule has 0 aromatic heterocycles. The number of rotatable bonds is 9. The van der Waals surface area contributed by atoms with Crippen LogP contribution in [0.4, 0.5) is 22.7 Å². The Morgan fingerprint density at radius 2 is 1.35 bits per heavy atom. The average molecular weight is 673 g/mol. The van der Waals surface area contributed by atoms with E-state index in [2.05, 4.69) is 191 Å². The van der Waals surface area contributed by atoms with Gasteiger partial charge in [-0.05, 0) is 99.7 Å². The molecule has 0 fully saturated rings. The van der Waals surface area contributed by atoms with Gasteiger partial charge in [-0.2, -0.15) is 4.58 Å². The molecule has 4 aromatic rings. The Balaban J connectivity index is 1.39. The molecule has 3 aliphatic rings. The van der Waals surface area contributed by atoms with Crippen molar-refractivity contribution < 1.29 is 4.58 Å². The second-order valence-corrected chi connectivity index (χ2v) is 15.7. The van der Waals surface area contributed by atoms with Crippen LogP contribution in [0.15, 0.2) is 144 Å². The topological polar surface area (TPSA) is 9.49 Å². The minimum Gasteiger partial charge on any atom is -0.347 e. The van der Waals surface area contributed by atoms with E-state index in [0.717, 1.165) is 19.4 Å². The van der Waals surface area contributed by atoms with Crippen molar-refractivity contribution in [3.63, 3.8) is 0 Å². The summed E-state index contributed by atoms with van der Waals surface area (Å²) in [4.78, 5) is 4.87. The van der Waals surface area contributed by atoms with Gasteiger partial charge in [0, 0.05) is 59.3 Å². The SMILES string of the molecule is CCCC[N+]1=C(/C=C/C2=C(N(c3ccccc3)c3ccccc3)C(=C/C=C3/N(C)c4ccc(C)cc4C3(C)C)/CC2)C(C)(C)c2cc(C)ccc21. The lowest BCUT2D eigenvalue weighted by molar-refractivity contribution is -0.438. The summed E-state index contributed by atoms with van der Waals surface area (Å²) in [6.45, 7) is 17.3. The molecule has 4 aromatic carbocycles. The van der Waals surface area contributed by atoms with E-state index >= 15 is 0 Å². The summed E-state index contributed by atoms with van der Waals surface area (Å²) in [5, 5.41) is 0. The first kappa shape index (κ1) is 34.6. The molecule has 0 radical (unpaired) electrons. The second kappa shape index (κ2) is 13.7. The Bertz CT molecular complexity index is 2060. The Kier molecular flexibility index (Phi) is 9.27. The highest BCUT2D eigenvalue weighted by atomic mass is 15.2. The Hall–Kier alpha value is -4.89. The van der Waals surface area contributed by atoms with Gasteiger partial charge in [-0.25, -0.2) is 0 Å². The van der Waals surface area contributed by atoms with Crippen LogP contribution in [0.5, 0.6) is 0 Å². The fraction of sp³-hybridized carbons (Fsp3) is 0.312. The third kappa shape index (κ3) is 6.22. The standard InChI is InChI=1S/C48H54N3/c1-9-10-31-50-43-28-22-35(3)33-41(43)48(6,7)45(50)30-26-37-24-23-36(25-29-44-47(4,5)40-32-34(2)21-27-42(40)49(44)8)46(37)51(38-17-13-11-14-18-38)39-19-15-12-16-20-39/h11-22,25-30,32-33H,9-10,23-24,31H2,1-8H3/q+1. The number of unbranched alkanes of at least 4 members (excludes halogenated alkanes) is 1. The van der Waals surface area contributed by atoms with Gasteiger partial charge in [0.2, 0.25) is 5.69 Å². The molecule has 3 heteroatoms. The largest absolute Gasteiger partial charge is 0.347 e. The summed E-state index contributed by atoms with van der Waals surface area (Å²) in [7, 11) is 2.22. The number of anilines is 3. The number of likely N-dealkylation sites (N-methyl/N-ethyl adjacent to an activating group) is 1. The van der Waals surface area contributed by atoms with E-state index in [1.807, 2.05) is 0 Å². The van der Waals surface area contributed by atoms with Gasteiger partial charge in [0.1, 0.15) is 6.54 Å². The molecule has 0 bridgehead atoms. The summed E-state index contributed by atoms with van der Waals surface area (Å²) >= 11 is 0. The zero-order valence-electron chi connectivity index (χ0n) is 31.9. The normalized spacial score (nSPS) is 19.2. The van der Waals surface area contributed by atoms with E-state index in [0.29, 0.717) is 0 Å². The van der Waals surface area contributed by atoms with E-state index in [-0.39, 0.29) is 10.8 Å². The van der Waals surface area contributed by atoms with Crippen molar-refractivity contribution >= 4 is 28.5 Å². The zero-order chi connectivity index (χ0) is 35.9. The maximum atomic E-state index is 2.59. The molecule has 3 nitrogen and oxygen atoms in total. The molecule has 0 N–H and O–H groups in total. The van der Waals surface area contributed by atoms with Crippen molar-refractivity contribution in [2.75, 3.05) is 23.4 Å². The van der Waals surface area contributed by atoms with Crippen LogP contribution in [-0.2, 0) is 10.8 Å². The lowest BCUT2D eigenvalue weighted by Crippen LogP contribution is -2.28. The lowest BCUT2D eigenvalue weighted by atomic mass is 9.80. The number of para-hydroxylation sites is 2. The quantitative estimate of drug-likeness (QED) is 0.164. The average Bonchev–Trinajstić information content (AvgIpc) is 3.67. The molecule has 0 atom stereocenters. The predicted octanol–water partition coefficient (Wildman–Crippen LogP) is 12.2. The smallest absolute Gasteiger partial charge is 0.209 e. The monoisotopic (exact) mass is 672 g/mol. The molecule has 0 spiro atoms. The van der Waals surface area contributed by atoms with Crippen molar-refractivity contribution in [1.29, 1.82) is 0 Å². The van der Waals surface area contributed by atoms with Gasteiger partial charge in [0.15, 0.2) is 5.71 Å². The van der Waals surface area contributed by atoms with Crippen LogP contribution in [0.25, 0.3) is 0 Å². The molecule has 51 heavy (non-hydrogen) atoms. The van der Waals surface area contributed by atoms with Crippen molar-refractivity contribution in [3.05, 3.63) is 166 Å². The fourth-order valence-electron chi connectivity index (χ4n) is 8.54. The molecule has 2 heterocycles. The maximum absolute atomic E-state index is 2.59.